The molecule has 1 aliphatic heterocycles. The highest BCUT2D eigenvalue weighted by Gasteiger charge is 2.34. The number of hydrogen-bond acceptors (Lipinski definition) is 3. The van der Waals surface area contributed by atoms with Crippen LogP contribution in [0.2, 0.25) is 0 Å². The molecular formula is C15H20N2O3S. The first kappa shape index (κ1) is 15.7. The van der Waals surface area contributed by atoms with E-state index in [2.05, 4.69) is 5.32 Å². The number of carbonyl (C=O) groups excluding carboxylic acids is 1. The molecule has 0 aliphatic carbocycles. The Morgan fingerprint density at radius 1 is 1.33 bits per heavy atom. The van der Waals surface area contributed by atoms with Crippen LogP contribution in [0.25, 0.3) is 0 Å². The van der Waals surface area contributed by atoms with Gasteiger partial charge in [0.2, 0.25) is 15.9 Å². The van der Waals surface area contributed by atoms with Crippen LogP contribution in [-0.2, 0) is 21.2 Å². The molecule has 0 saturated heterocycles. The summed E-state index contributed by atoms with van der Waals surface area (Å²) in [6.45, 7) is 2.35. The van der Waals surface area contributed by atoms with E-state index in [1.807, 2.05) is 30.3 Å². The fraction of sp³-hybridized carbons (Fsp3) is 0.400. The van der Waals surface area contributed by atoms with E-state index in [0.717, 1.165) is 12.0 Å². The lowest BCUT2D eigenvalue weighted by molar-refractivity contribution is -0.123. The Morgan fingerprint density at radius 2 is 2.05 bits per heavy atom. The minimum Gasteiger partial charge on any atom is -0.354 e. The molecule has 1 atom stereocenters. The molecule has 6 heteroatoms. The van der Waals surface area contributed by atoms with Crippen LogP contribution >= 0.6 is 0 Å². The first-order chi connectivity index (χ1) is 10.0. The predicted molar refractivity (Wildman–Crippen MR) is 82.3 cm³/mol. The fourth-order valence-electron chi connectivity index (χ4n) is 2.25. The van der Waals surface area contributed by atoms with Crippen LogP contribution in [-0.4, -0.2) is 43.5 Å². The lowest BCUT2D eigenvalue weighted by Crippen LogP contribution is -2.47. The van der Waals surface area contributed by atoms with Crippen molar-refractivity contribution in [3.8, 4) is 0 Å². The van der Waals surface area contributed by atoms with Gasteiger partial charge in [0, 0.05) is 13.1 Å². The van der Waals surface area contributed by atoms with Crippen molar-refractivity contribution >= 4 is 15.9 Å². The van der Waals surface area contributed by atoms with Crippen LogP contribution in [0.3, 0.4) is 0 Å². The summed E-state index contributed by atoms with van der Waals surface area (Å²) in [4.78, 5) is 12.1. The maximum absolute atomic E-state index is 12.1. The third kappa shape index (κ3) is 3.92. The molecule has 0 unspecified atom stereocenters. The van der Waals surface area contributed by atoms with Gasteiger partial charge in [0.05, 0.1) is 5.75 Å². The first-order valence-corrected chi connectivity index (χ1v) is 8.63. The second-order valence-corrected chi connectivity index (χ2v) is 7.08. The van der Waals surface area contributed by atoms with Gasteiger partial charge < -0.3 is 5.32 Å². The highest BCUT2D eigenvalue weighted by Crippen LogP contribution is 2.15. The zero-order valence-corrected chi connectivity index (χ0v) is 12.8. The van der Waals surface area contributed by atoms with Gasteiger partial charge in [-0.3, -0.25) is 4.79 Å². The minimum atomic E-state index is -3.36. The van der Waals surface area contributed by atoms with Crippen molar-refractivity contribution in [3.63, 3.8) is 0 Å². The summed E-state index contributed by atoms with van der Waals surface area (Å²) >= 11 is 0. The highest BCUT2D eigenvalue weighted by molar-refractivity contribution is 7.89. The second-order valence-electron chi connectivity index (χ2n) is 4.87. The van der Waals surface area contributed by atoms with Crippen LogP contribution in [0.5, 0.6) is 0 Å². The topological polar surface area (TPSA) is 66.5 Å². The van der Waals surface area contributed by atoms with Crippen LogP contribution in [0.1, 0.15) is 12.5 Å². The molecule has 1 amide bonds. The molecule has 0 fully saturated rings. The molecule has 0 spiro atoms. The second kappa shape index (κ2) is 6.87. The molecule has 1 heterocycles. The van der Waals surface area contributed by atoms with Gasteiger partial charge in [0.15, 0.2) is 0 Å². The number of hydrogen-bond donors (Lipinski definition) is 1. The van der Waals surface area contributed by atoms with Gasteiger partial charge in [-0.25, -0.2) is 8.42 Å². The maximum atomic E-state index is 12.1. The van der Waals surface area contributed by atoms with Gasteiger partial charge in [-0.15, -0.1) is 0 Å². The van der Waals surface area contributed by atoms with E-state index in [1.165, 1.54) is 4.31 Å². The van der Waals surface area contributed by atoms with Crippen molar-refractivity contribution in [2.45, 2.75) is 19.4 Å². The summed E-state index contributed by atoms with van der Waals surface area (Å²) < 4.78 is 25.1. The SMILES string of the molecule is CCS(=O)(=O)N1CC=C[C@@H]1C(=O)NCCc1ccccc1. The van der Waals surface area contributed by atoms with Crippen molar-refractivity contribution in [2.75, 3.05) is 18.8 Å². The van der Waals surface area contributed by atoms with Crippen molar-refractivity contribution in [3.05, 3.63) is 48.0 Å². The standard InChI is InChI=1S/C15H20N2O3S/c1-2-21(19,20)17-12-6-9-14(17)15(18)16-11-10-13-7-4-3-5-8-13/h3-9,14H,2,10-12H2,1H3,(H,16,18)/t14-/m1/s1. The summed E-state index contributed by atoms with van der Waals surface area (Å²) in [5.41, 5.74) is 1.14. The smallest absolute Gasteiger partial charge is 0.242 e. The van der Waals surface area contributed by atoms with Gasteiger partial charge in [-0.2, -0.15) is 4.31 Å². The van der Waals surface area contributed by atoms with E-state index in [9.17, 15) is 13.2 Å². The molecule has 114 valence electrons. The van der Waals surface area contributed by atoms with Crippen molar-refractivity contribution in [2.24, 2.45) is 0 Å². The maximum Gasteiger partial charge on any atom is 0.242 e. The van der Waals surface area contributed by atoms with E-state index in [4.69, 9.17) is 0 Å². The molecule has 21 heavy (non-hydrogen) atoms. The number of benzene rings is 1. The van der Waals surface area contributed by atoms with E-state index in [1.54, 1.807) is 19.1 Å². The molecular weight excluding hydrogens is 288 g/mol. The number of nitrogens with zero attached hydrogens (tertiary/aromatic N) is 1. The monoisotopic (exact) mass is 308 g/mol. The zero-order valence-electron chi connectivity index (χ0n) is 12.0. The third-order valence-corrected chi connectivity index (χ3v) is 5.28. The third-order valence-electron chi connectivity index (χ3n) is 3.46. The van der Waals surface area contributed by atoms with Crippen LogP contribution in [0.15, 0.2) is 42.5 Å². The van der Waals surface area contributed by atoms with Gasteiger partial charge in [0.1, 0.15) is 6.04 Å². The molecule has 1 N–H and O–H groups in total. The average molecular weight is 308 g/mol. The molecule has 0 bridgehead atoms. The average Bonchev–Trinajstić information content (AvgIpc) is 2.98. The lowest BCUT2D eigenvalue weighted by Gasteiger charge is -2.22. The quantitative estimate of drug-likeness (QED) is 0.795. The summed E-state index contributed by atoms with van der Waals surface area (Å²) in [7, 11) is -3.36. The first-order valence-electron chi connectivity index (χ1n) is 7.02. The molecule has 0 radical (unpaired) electrons. The molecule has 2 rings (SSSR count). The normalized spacial score (nSPS) is 18.8. The number of nitrogens with one attached hydrogen (secondary N) is 1. The van der Waals surface area contributed by atoms with Crippen LogP contribution < -0.4 is 5.32 Å². The van der Waals surface area contributed by atoms with Crippen molar-refractivity contribution in [1.29, 1.82) is 0 Å². The predicted octanol–water partition coefficient (Wildman–Crippen LogP) is 0.935. The summed E-state index contributed by atoms with van der Waals surface area (Å²) in [5, 5.41) is 2.80. The molecule has 1 aliphatic rings. The van der Waals surface area contributed by atoms with E-state index in [0.29, 0.717) is 6.54 Å². The number of sulfonamides is 1. The van der Waals surface area contributed by atoms with Crippen LogP contribution in [0, 0.1) is 0 Å². The summed E-state index contributed by atoms with van der Waals surface area (Å²) in [5.74, 6) is -0.264. The van der Waals surface area contributed by atoms with Crippen molar-refractivity contribution in [1.82, 2.24) is 9.62 Å². The molecule has 5 nitrogen and oxygen atoms in total. The minimum absolute atomic E-state index is 0.00246. The Morgan fingerprint density at radius 3 is 2.71 bits per heavy atom. The van der Waals surface area contributed by atoms with Gasteiger partial charge in [-0.05, 0) is 18.9 Å². The van der Waals surface area contributed by atoms with Gasteiger partial charge >= 0.3 is 0 Å². The largest absolute Gasteiger partial charge is 0.354 e. The van der Waals surface area contributed by atoms with E-state index in [-0.39, 0.29) is 18.2 Å². The zero-order chi connectivity index (χ0) is 15.3. The summed E-state index contributed by atoms with van der Waals surface area (Å²) in [6, 6.07) is 9.12. The van der Waals surface area contributed by atoms with Gasteiger partial charge in [0.25, 0.3) is 0 Å². The van der Waals surface area contributed by atoms with Gasteiger partial charge in [-0.1, -0.05) is 42.5 Å². The summed E-state index contributed by atoms with van der Waals surface area (Å²) in [6.07, 6.45) is 4.09. The Hall–Kier alpha value is -1.66. The van der Waals surface area contributed by atoms with E-state index >= 15 is 0 Å². The van der Waals surface area contributed by atoms with E-state index < -0.39 is 16.1 Å². The molecule has 0 aromatic heterocycles. The Balaban J connectivity index is 1.89. The Bertz CT molecular complexity index is 611. The number of rotatable bonds is 6. The Kier molecular flexibility index (Phi) is 5.14. The van der Waals surface area contributed by atoms with Crippen molar-refractivity contribution < 1.29 is 13.2 Å². The molecule has 1 aromatic rings. The molecule has 0 saturated carbocycles. The number of amides is 1. The molecule has 1 aromatic carbocycles. The lowest BCUT2D eigenvalue weighted by atomic mass is 10.1. The number of carbonyl (C=O) groups is 1. The Labute approximate surface area is 125 Å². The van der Waals surface area contributed by atoms with Crippen LogP contribution in [0.4, 0.5) is 0 Å². The fourth-order valence-corrected chi connectivity index (χ4v) is 3.41. The highest BCUT2D eigenvalue weighted by atomic mass is 32.2.